The molecule has 0 radical (unpaired) electrons. The molecule has 1 unspecified atom stereocenters. The molecule has 0 spiro atoms. The van der Waals surface area contributed by atoms with Gasteiger partial charge < -0.3 is 10.8 Å². The first-order chi connectivity index (χ1) is 8.88. The van der Waals surface area contributed by atoms with Gasteiger partial charge in [-0.05, 0) is 35.4 Å². The number of benzene rings is 2. The summed E-state index contributed by atoms with van der Waals surface area (Å²) in [7, 11) is 0. The van der Waals surface area contributed by atoms with Gasteiger partial charge in [-0.2, -0.15) is 13.2 Å². The van der Waals surface area contributed by atoms with Crippen LogP contribution in [0, 0.1) is 0 Å². The van der Waals surface area contributed by atoms with Gasteiger partial charge in [0.2, 0.25) is 0 Å². The minimum Gasteiger partial charge on any atom is -0.399 e. The predicted octanol–water partition coefficient (Wildman–Crippen LogP) is 3.37. The zero-order valence-electron chi connectivity index (χ0n) is 9.85. The van der Waals surface area contributed by atoms with Gasteiger partial charge in [-0.1, -0.05) is 24.3 Å². The van der Waals surface area contributed by atoms with Crippen LogP contribution in [0.1, 0.15) is 22.8 Å². The number of halogens is 3. The zero-order chi connectivity index (χ0) is 14.0. The van der Waals surface area contributed by atoms with Crippen LogP contribution in [0.5, 0.6) is 0 Å². The number of hydrogen-bond acceptors (Lipinski definition) is 2. The van der Waals surface area contributed by atoms with Crippen molar-refractivity contribution in [1.82, 2.24) is 0 Å². The Labute approximate surface area is 108 Å². The molecular weight excluding hydrogens is 255 g/mol. The third-order valence-electron chi connectivity index (χ3n) is 2.76. The maximum atomic E-state index is 12.6. The van der Waals surface area contributed by atoms with Gasteiger partial charge in [0.1, 0.15) is 6.10 Å². The summed E-state index contributed by atoms with van der Waals surface area (Å²) in [6.45, 7) is 0. The van der Waals surface area contributed by atoms with Crippen LogP contribution in [-0.4, -0.2) is 5.11 Å². The summed E-state index contributed by atoms with van der Waals surface area (Å²) >= 11 is 0. The van der Waals surface area contributed by atoms with E-state index in [-0.39, 0.29) is 5.56 Å². The lowest BCUT2D eigenvalue weighted by atomic mass is 9.99. The Kier molecular flexibility index (Phi) is 3.48. The minimum absolute atomic E-state index is 0.181. The van der Waals surface area contributed by atoms with Gasteiger partial charge in [0.15, 0.2) is 0 Å². The molecule has 3 N–H and O–H groups in total. The van der Waals surface area contributed by atoms with Crippen LogP contribution in [0.25, 0.3) is 0 Å². The highest BCUT2D eigenvalue weighted by molar-refractivity contribution is 5.44. The third-order valence-corrected chi connectivity index (χ3v) is 2.76. The topological polar surface area (TPSA) is 46.2 Å². The number of nitrogens with two attached hydrogens (primary N) is 1. The van der Waals surface area contributed by atoms with Crippen LogP contribution in [0.2, 0.25) is 0 Å². The summed E-state index contributed by atoms with van der Waals surface area (Å²) in [5, 5.41) is 10.1. The van der Waals surface area contributed by atoms with Gasteiger partial charge in [-0.3, -0.25) is 0 Å². The molecule has 100 valence electrons. The molecule has 0 heterocycles. The lowest BCUT2D eigenvalue weighted by Gasteiger charge is -2.14. The SMILES string of the molecule is Nc1cccc(C(O)c2cccc(C(F)(F)F)c2)c1. The van der Waals surface area contributed by atoms with E-state index in [1.807, 2.05) is 0 Å². The molecule has 0 bridgehead atoms. The Morgan fingerprint density at radius 2 is 1.53 bits per heavy atom. The van der Waals surface area contributed by atoms with Crippen molar-refractivity contribution in [3.63, 3.8) is 0 Å². The molecule has 0 fully saturated rings. The molecule has 0 saturated carbocycles. The Hall–Kier alpha value is -2.01. The molecule has 0 aromatic heterocycles. The second kappa shape index (κ2) is 4.93. The molecule has 19 heavy (non-hydrogen) atoms. The van der Waals surface area contributed by atoms with Crippen LogP contribution in [0.4, 0.5) is 18.9 Å². The van der Waals surface area contributed by atoms with Crippen molar-refractivity contribution in [2.24, 2.45) is 0 Å². The van der Waals surface area contributed by atoms with Gasteiger partial charge >= 0.3 is 6.18 Å². The Balaban J connectivity index is 2.37. The van der Waals surface area contributed by atoms with Crippen molar-refractivity contribution >= 4 is 5.69 Å². The maximum Gasteiger partial charge on any atom is 0.416 e. The van der Waals surface area contributed by atoms with Crippen molar-refractivity contribution in [1.29, 1.82) is 0 Å². The number of aliphatic hydroxyl groups excluding tert-OH is 1. The molecule has 2 rings (SSSR count). The Morgan fingerprint density at radius 3 is 2.11 bits per heavy atom. The fourth-order valence-corrected chi connectivity index (χ4v) is 1.81. The van der Waals surface area contributed by atoms with E-state index in [1.165, 1.54) is 18.2 Å². The molecule has 0 saturated heterocycles. The van der Waals surface area contributed by atoms with Gasteiger partial charge in [0, 0.05) is 5.69 Å². The molecule has 0 aliphatic carbocycles. The standard InChI is InChI=1S/C14H12F3NO/c15-14(16,17)11-5-1-3-9(7-11)13(19)10-4-2-6-12(18)8-10/h1-8,13,19H,18H2. The average Bonchev–Trinajstić information content (AvgIpc) is 2.37. The molecule has 2 aromatic rings. The summed E-state index contributed by atoms with van der Waals surface area (Å²) in [6.07, 6.45) is -5.56. The van der Waals surface area contributed by atoms with Crippen LogP contribution in [-0.2, 0) is 6.18 Å². The highest BCUT2D eigenvalue weighted by Gasteiger charge is 2.30. The number of hydrogen-bond donors (Lipinski definition) is 2. The normalized spacial score (nSPS) is 13.3. The van der Waals surface area contributed by atoms with E-state index >= 15 is 0 Å². The van der Waals surface area contributed by atoms with Crippen LogP contribution >= 0.6 is 0 Å². The smallest absolute Gasteiger partial charge is 0.399 e. The largest absolute Gasteiger partial charge is 0.416 e. The van der Waals surface area contributed by atoms with Crippen LogP contribution in [0.3, 0.4) is 0 Å². The monoisotopic (exact) mass is 267 g/mol. The number of nitrogen functional groups attached to an aromatic ring is 1. The first-order valence-corrected chi connectivity index (χ1v) is 5.58. The fourth-order valence-electron chi connectivity index (χ4n) is 1.81. The summed E-state index contributed by atoms with van der Waals surface area (Å²) < 4.78 is 37.8. The highest BCUT2D eigenvalue weighted by Crippen LogP contribution is 2.32. The second-order valence-corrected chi connectivity index (χ2v) is 4.20. The first kappa shape index (κ1) is 13.4. The quantitative estimate of drug-likeness (QED) is 0.819. The number of aliphatic hydroxyl groups is 1. The lowest BCUT2D eigenvalue weighted by molar-refractivity contribution is -0.137. The van der Waals surface area contributed by atoms with E-state index in [1.54, 1.807) is 18.2 Å². The Bertz CT molecular complexity index is 581. The maximum absolute atomic E-state index is 12.6. The van der Waals surface area contributed by atoms with Gasteiger partial charge in [0.05, 0.1) is 5.56 Å². The average molecular weight is 267 g/mol. The molecule has 1 atom stereocenters. The van der Waals surface area contributed by atoms with Crippen LogP contribution < -0.4 is 5.73 Å². The van der Waals surface area contributed by atoms with Gasteiger partial charge in [-0.25, -0.2) is 0 Å². The zero-order valence-corrected chi connectivity index (χ0v) is 9.85. The summed E-state index contributed by atoms with van der Waals surface area (Å²) in [5.41, 5.74) is 5.88. The van der Waals surface area contributed by atoms with E-state index in [0.717, 1.165) is 12.1 Å². The summed E-state index contributed by atoms with van der Waals surface area (Å²) in [4.78, 5) is 0. The molecule has 2 nitrogen and oxygen atoms in total. The Morgan fingerprint density at radius 1 is 0.947 bits per heavy atom. The van der Waals surface area contributed by atoms with E-state index in [4.69, 9.17) is 5.73 Å². The van der Waals surface area contributed by atoms with Gasteiger partial charge in [-0.15, -0.1) is 0 Å². The molecule has 0 aliphatic rings. The number of anilines is 1. The van der Waals surface area contributed by atoms with E-state index < -0.39 is 17.8 Å². The van der Waals surface area contributed by atoms with Crippen LogP contribution in [0.15, 0.2) is 48.5 Å². The van der Waals surface area contributed by atoms with Crippen molar-refractivity contribution in [3.8, 4) is 0 Å². The van der Waals surface area contributed by atoms with E-state index in [2.05, 4.69) is 0 Å². The predicted molar refractivity (Wildman–Crippen MR) is 66.4 cm³/mol. The van der Waals surface area contributed by atoms with Crippen molar-refractivity contribution < 1.29 is 18.3 Å². The van der Waals surface area contributed by atoms with E-state index in [9.17, 15) is 18.3 Å². The number of alkyl halides is 3. The fraction of sp³-hybridized carbons (Fsp3) is 0.143. The molecular formula is C14H12F3NO. The molecule has 2 aromatic carbocycles. The number of rotatable bonds is 2. The van der Waals surface area contributed by atoms with Crippen molar-refractivity contribution in [2.45, 2.75) is 12.3 Å². The molecule has 0 amide bonds. The highest BCUT2D eigenvalue weighted by atomic mass is 19.4. The summed E-state index contributed by atoms with van der Waals surface area (Å²) in [6, 6.07) is 11.1. The van der Waals surface area contributed by atoms with Gasteiger partial charge in [0.25, 0.3) is 0 Å². The van der Waals surface area contributed by atoms with Crippen molar-refractivity contribution in [3.05, 3.63) is 65.2 Å². The first-order valence-electron chi connectivity index (χ1n) is 5.58. The van der Waals surface area contributed by atoms with E-state index in [0.29, 0.717) is 11.3 Å². The van der Waals surface area contributed by atoms with Crippen molar-refractivity contribution in [2.75, 3.05) is 5.73 Å². The minimum atomic E-state index is -4.43. The third kappa shape index (κ3) is 3.06. The molecule has 0 aliphatic heterocycles. The molecule has 5 heteroatoms. The lowest BCUT2D eigenvalue weighted by Crippen LogP contribution is -2.07. The second-order valence-electron chi connectivity index (χ2n) is 4.20. The summed E-state index contributed by atoms with van der Waals surface area (Å²) in [5.74, 6) is 0.